The molecule has 2 unspecified atom stereocenters. The number of hydrogen-bond acceptors (Lipinski definition) is 2. The Labute approximate surface area is 119 Å². The van der Waals surface area contributed by atoms with Gasteiger partial charge in [-0.2, -0.15) is 0 Å². The minimum atomic E-state index is -0.0337. The normalized spacial score (nSPS) is 20.5. The molecule has 0 aromatic heterocycles. The summed E-state index contributed by atoms with van der Waals surface area (Å²) in [6.07, 6.45) is 2.00. The van der Waals surface area contributed by atoms with Crippen molar-refractivity contribution in [2.75, 3.05) is 6.54 Å². The van der Waals surface area contributed by atoms with Gasteiger partial charge in [0.1, 0.15) is 0 Å². The van der Waals surface area contributed by atoms with Crippen molar-refractivity contribution in [2.45, 2.75) is 38.8 Å². The lowest BCUT2D eigenvalue weighted by Crippen LogP contribution is -2.43. The highest BCUT2D eigenvalue weighted by Gasteiger charge is 2.26. The van der Waals surface area contributed by atoms with Crippen LogP contribution in [0.5, 0.6) is 0 Å². The van der Waals surface area contributed by atoms with E-state index >= 15 is 0 Å². The lowest BCUT2D eigenvalue weighted by Gasteiger charge is -2.24. The van der Waals surface area contributed by atoms with Gasteiger partial charge in [-0.1, -0.05) is 37.6 Å². The van der Waals surface area contributed by atoms with Gasteiger partial charge in [0.2, 0.25) is 5.91 Å². The number of carbonyl (C=O) groups is 1. The summed E-state index contributed by atoms with van der Waals surface area (Å²) in [5.41, 5.74) is 1.10. The van der Waals surface area contributed by atoms with Crippen LogP contribution in [0.1, 0.15) is 38.3 Å². The summed E-state index contributed by atoms with van der Waals surface area (Å²) in [6.45, 7) is 5.16. The lowest BCUT2D eigenvalue weighted by atomic mass is 9.95. The molecule has 1 aliphatic heterocycles. The Hall–Kier alpha value is -1.06. The van der Waals surface area contributed by atoms with E-state index in [-0.39, 0.29) is 18.0 Å². The number of hydrogen-bond donors (Lipinski definition) is 2. The molecule has 1 aromatic carbocycles. The molecule has 1 amide bonds. The second kappa shape index (κ2) is 6.40. The Morgan fingerprint density at radius 2 is 2.05 bits per heavy atom. The standard InChI is InChI=1S/C15H21ClN2O/c1-10(2)14(11-5-7-12(16)8-6-11)18-15(19)13-4-3-9-17-13/h5-8,10,13-14,17H,3-4,9H2,1-2H3,(H,18,19). The minimum Gasteiger partial charge on any atom is -0.348 e. The molecule has 0 radical (unpaired) electrons. The molecule has 2 atom stereocenters. The first-order valence-corrected chi connectivity index (χ1v) is 7.25. The van der Waals surface area contributed by atoms with Crippen LogP contribution in [0.25, 0.3) is 0 Å². The number of amides is 1. The van der Waals surface area contributed by atoms with Gasteiger partial charge in [-0.05, 0) is 43.0 Å². The zero-order chi connectivity index (χ0) is 13.8. The maximum Gasteiger partial charge on any atom is 0.237 e. The fourth-order valence-corrected chi connectivity index (χ4v) is 2.59. The Morgan fingerprint density at radius 1 is 1.37 bits per heavy atom. The molecule has 1 aliphatic rings. The van der Waals surface area contributed by atoms with Crippen molar-refractivity contribution in [2.24, 2.45) is 5.92 Å². The first kappa shape index (κ1) is 14.4. The average molecular weight is 281 g/mol. The predicted octanol–water partition coefficient (Wildman–Crippen LogP) is 2.91. The van der Waals surface area contributed by atoms with Gasteiger partial charge in [0.05, 0.1) is 12.1 Å². The van der Waals surface area contributed by atoms with E-state index in [1.54, 1.807) is 0 Å². The van der Waals surface area contributed by atoms with Gasteiger partial charge in [0.15, 0.2) is 0 Å². The summed E-state index contributed by atoms with van der Waals surface area (Å²) in [5, 5.41) is 7.10. The van der Waals surface area contributed by atoms with Crippen molar-refractivity contribution in [1.29, 1.82) is 0 Å². The van der Waals surface area contributed by atoms with Crippen LogP contribution in [0.15, 0.2) is 24.3 Å². The van der Waals surface area contributed by atoms with Crippen LogP contribution in [0, 0.1) is 5.92 Å². The van der Waals surface area contributed by atoms with E-state index in [0.717, 1.165) is 30.0 Å². The monoisotopic (exact) mass is 280 g/mol. The highest BCUT2D eigenvalue weighted by molar-refractivity contribution is 6.30. The quantitative estimate of drug-likeness (QED) is 0.890. The molecule has 3 nitrogen and oxygen atoms in total. The highest BCUT2D eigenvalue weighted by atomic mass is 35.5. The van der Waals surface area contributed by atoms with Crippen molar-refractivity contribution in [1.82, 2.24) is 10.6 Å². The van der Waals surface area contributed by atoms with Crippen LogP contribution in [-0.4, -0.2) is 18.5 Å². The summed E-state index contributed by atoms with van der Waals surface area (Å²) in [4.78, 5) is 12.2. The van der Waals surface area contributed by atoms with Crippen molar-refractivity contribution >= 4 is 17.5 Å². The zero-order valence-corrected chi connectivity index (χ0v) is 12.2. The Kier molecular flexibility index (Phi) is 4.83. The Bertz CT molecular complexity index is 424. The van der Waals surface area contributed by atoms with Crippen molar-refractivity contribution < 1.29 is 4.79 Å². The van der Waals surface area contributed by atoms with Crippen LogP contribution in [0.4, 0.5) is 0 Å². The summed E-state index contributed by atoms with van der Waals surface area (Å²) in [7, 11) is 0. The molecule has 4 heteroatoms. The molecule has 1 aromatic rings. The molecule has 0 aliphatic carbocycles. The average Bonchev–Trinajstić information content (AvgIpc) is 2.90. The molecule has 0 spiro atoms. The smallest absolute Gasteiger partial charge is 0.237 e. The summed E-state index contributed by atoms with van der Waals surface area (Å²) in [6, 6.07) is 7.70. The van der Waals surface area contributed by atoms with E-state index in [4.69, 9.17) is 11.6 Å². The molecule has 19 heavy (non-hydrogen) atoms. The molecule has 0 saturated carbocycles. The molecular weight excluding hydrogens is 260 g/mol. The van der Waals surface area contributed by atoms with Crippen molar-refractivity contribution in [3.63, 3.8) is 0 Å². The fraction of sp³-hybridized carbons (Fsp3) is 0.533. The third-order valence-electron chi connectivity index (χ3n) is 3.57. The molecule has 1 heterocycles. The van der Waals surface area contributed by atoms with E-state index in [1.165, 1.54) is 0 Å². The number of halogens is 1. The zero-order valence-electron chi connectivity index (χ0n) is 11.4. The Balaban J connectivity index is 2.07. The van der Waals surface area contributed by atoms with Crippen LogP contribution in [-0.2, 0) is 4.79 Å². The first-order chi connectivity index (χ1) is 9.08. The minimum absolute atomic E-state index is 0.0337. The Morgan fingerprint density at radius 3 is 2.58 bits per heavy atom. The molecule has 1 fully saturated rings. The van der Waals surface area contributed by atoms with E-state index in [9.17, 15) is 4.79 Å². The third-order valence-corrected chi connectivity index (χ3v) is 3.82. The maximum absolute atomic E-state index is 12.2. The van der Waals surface area contributed by atoms with Crippen molar-refractivity contribution in [3.8, 4) is 0 Å². The molecule has 2 rings (SSSR count). The van der Waals surface area contributed by atoms with Crippen LogP contribution in [0.3, 0.4) is 0 Å². The van der Waals surface area contributed by atoms with Gasteiger partial charge in [0.25, 0.3) is 0 Å². The molecular formula is C15H21ClN2O. The molecule has 104 valence electrons. The van der Waals surface area contributed by atoms with Gasteiger partial charge in [-0.3, -0.25) is 4.79 Å². The molecule has 0 bridgehead atoms. The summed E-state index contributed by atoms with van der Waals surface area (Å²) in [5.74, 6) is 0.442. The second-order valence-electron chi connectivity index (χ2n) is 5.43. The van der Waals surface area contributed by atoms with Gasteiger partial charge in [-0.15, -0.1) is 0 Å². The lowest BCUT2D eigenvalue weighted by molar-refractivity contribution is -0.123. The number of carbonyl (C=O) groups excluding carboxylic acids is 1. The maximum atomic E-state index is 12.2. The van der Waals surface area contributed by atoms with Crippen molar-refractivity contribution in [3.05, 3.63) is 34.9 Å². The SMILES string of the molecule is CC(C)C(NC(=O)C1CCCN1)c1ccc(Cl)cc1. The molecule has 1 saturated heterocycles. The van der Waals surface area contributed by atoms with E-state index in [2.05, 4.69) is 24.5 Å². The van der Waals surface area contributed by atoms with Gasteiger partial charge in [-0.25, -0.2) is 0 Å². The van der Waals surface area contributed by atoms with Gasteiger partial charge >= 0.3 is 0 Å². The number of benzene rings is 1. The van der Waals surface area contributed by atoms with Gasteiger partial charge < -0.3 is 10.6 Å². The van der Waals surface area contributed by atoms with E-state index in [0.29, 0.717) is 5.92 Å². The number of nitrogens with one attached hydrogen (secondary N) is 2. The van der Waals surface area contributed by atoms with Crippen LogP contribution in [0.2, 0.25) is 5.02 Å². The number of rotatable bonds is 4. The fourth-order valence-electron chi connectivity index (χ4n) is 2.47. The summed E-state index contributed by atoms with van der Waals surface area (Å²) < 4.78 is 0. The molecule has 2 N–H and O–H groups in total. The van der Waals surface area contributed by atoms with E-state index < -0.39 is 0 Å². The van der Waals surface area contributed by atoms with Crippen LogP contribution < -0.4 is 10.6 Å². The largest absolute Gasteiger partial charge is 0.348 e. The third kappa shape index (κ3) is 3.71. The first-order valence-electron chi connectivity index (χ1n) is 6.87. The second-order valence-corrected chi connectivity index (χ2v) is 5.87. The highest BCUT2D eigenvalue weighted by Crippen LogP contribution is 2.23. The van der Waals surface area contributed by atoms with Crippen LogP contribution >= 0.6 is 11.6 Å². The van der Waals surface area contributed by atoms with Gasteiger partial charge in [0, 0.05) is 5.02 Å². The summed E-state index contributed by atoms with van der Waals surface area (Å²) >= 11 is 5.91. The van der Waals surface area contributed by atoms with E-state index in [1.807, 2.05) is 24.3 Å². The predicted molar refractivity (Wildman–Crippen MR) is 78.2 cm³/mol. The topological polar surface area (TPSA) is 41.1 Å².